The lowest BCUT2D eigenvalue weighted by Gasteiger charge is -2.37. The van der Waals surface area contributed by atoms with Crippen molar-refractivity contribution >= 4 is 11.8 Å². The van der Waals surface area contributed by atoms with E-state index >= 15 is 0 Å². The van der Waals surface area contributed by atoms with Crippen LogP contribution in [-0.2, 0) is 6.42 Å². The maximum atomic E-state index is 9.07. The Hall–Kier alpha value is -1.96. The van der Waals surface area contributed by atoms with Crippen molar-refractivity contribution in [1.29, 1.82) is 5.26 Å². The zero-order valence-corrected chi connectivity index (χ0v) is 13.8. The molecule has 116 valence electrons. The predicted molar refractivity (Wildman–Crippen MR) is 92.2 cm³/mol. The Bertz CT molecular complexity index is 744. The predicted octanol–water partition coefficient (Wildman–Crippen LogP) is 3.53. The number of fused-ring (bicyclic) bond motifs is 2. The van der Waals surface area contributed by atoms with Gasteiger partial charge in [-0.2, -0.15) is 5.26 Å². The number of piperazine rings is 1. The molecule has 23 heavy (non-hydrogen) atoms. The third-order valence-electron chi connectivity index (χ3n) is 4.78. The first kappa shape index (κ1) is 14.6. The second-order valence-corrected chi connectivity index (χ2v) is 7.17. The molecule has 4 heteroatoms. The van der Waals surface area contributed by atoms with E-state index in [0.717, 1.165) is 32.6 Å². The summed E-state index contributed by atoms with van der Waals surface area (Å²) in [6, 6.07) is 17.9. The van der Waals surface area contributed by atoms with Gasteiger partial charge in [-0.25, -0.2) is 0 Å². The summed E-state index contributed by atoms with van der Waals surface area (Å²) in [6.45, 7) is 3.59. The van der Waals surface area contributed by atoms with Crippen LogP contribution in [0, 0.1) is 11.5 Å². The molecule has 0 amide bonds. The Morgan fingerprint density at radius 3 is 2.39 bits per heavy atom. The van der Waals surface area contributed by atoms with E-state index in [0.29, 0.717) is 6.04 Å². The van der Waals surface area contributed by atoms with Gasteiger partial charge in [0.15, 0.2) is 6.19 Å². The summed E-state index contributed by atoms with van der Waals surface area (Å²) in [6.07, 6.45) is 3.33. The molecule has 1 fully saturated rings. The number of rotatable bonds is 1. The van der Waals surface area contributed by atoms with E-state index in [1.807, 2.05) is 16.7 Å². The molecule has 2 heterocycles. The van der Waals surface area contributed by atoms with Crippen LogP contribution >= 0.6 is 11.8 Å². The van der Waals surface area contributed by atoms with Crippen molar-refractivity contribution in [3.63, 3.8) is 0 Å². The van der Waals surface area contributed by atoms with E-state index < -0.39 is 0 Å². The molecule has 2 aliphatic heterocycles. The molecule has 1 unspecified atom stereocenters. The Kier molecular flexibility index (Phi) is 3.99. The molecule has 0 aliphatic carbocycles. The van der Waals surface area contributed by atoms with Crippen molar-refractivity contribution in [2.75, 3.05) is 26.2 Å². The van der Waals surface area contributed by atoms with E-state index in [1.165, 1.54) is 20.9 Å². The van der Waals surface area contributed by atoms with Crippen LogP contribution in [0.25, 0.3) is 0 Å². The molecule has 3 nitrogen and oxygen atoms in total. The molecule has 2 aliphatic rings. The molecule has 0 saturated carbocycles. The minimum atomic E-state index is 0.406. The molecule has 0 aromatic heterocycles. The number of hydrogen-bond donors (Lipinski definition) is 0. The monoisotopic (exact) mass is 321 g/mol. The largest absolute Gasteiger partial charge is 0.308 e. The SMILES string of the molecule is N#CN1CCN(C2Cc3ccccc3Sc3ccccc32)CC1. The van der Waals surface area contributed by atoms with Crippen molar-refractivity contribution in [2.24, 2.45) is 0 Å². The van der Waals surface area contributed by atoms with Crippen LogP contribution in [0.15, 0.2) is 58.3 Å². The van der Waals surface area contributed by atoms with E-state index in [2.05, 4.69) is 59.6 Å². The zero-order valence-electron chi connectivity index (χ0n) is 13.0. The Morgan fingerprint density at radius 1 is 0.913 bits per heavy atom. The second-order valence-electron chi connectivity index (χ2n) is 6.09. The maximum Gasteiger partial charge on any atom is 0.179 e. The highest BCUT2D eigenvalue weighted by molar-refractivity contribution is 7.99. The summed E-state index contributed by atoms with van der Waals surface area (Å²) in [4.78, 5) is 7.15. The smallest absolute Gasteiger partial charge is 0.179 e. The molecule has 1 saturated heterocycles. The molecular formula is C19H19N3S. The summed E-state index contributed by atoms with van der Waals surface area (Å²) in [7, 11) is 0. The third kappa shape index (κ3) is 2.83. The summed E-state index contributed by atoms with van der Waals surface area (Å²) in [5.41, 5.74) is 2.86. The van der Waals surface area contributed by atoms with Crippen LogP contribution < -0.4 is 0 Å². The van der Waals surface area contributed by atoms with Crippen LogP contribution in [0.1, 0.15) is 17.2 Å². The fourth-order valence-corrected chi connectivity index (χ4v) is 4.65. The van der Waals surface area contributed by atoms with Crippen LogP contribution in [0.5, 0.6) is 0 Å². The Balaban J connectivity index is 1.70. The minimum absolute atomic E-state index is 0.406. The van der Waals surface area contributed by atoms with Crippen molar-refractivity contribution in [3.05, 3.63) is 59.7 Å². The second kappa shape index (κ2) is 6.27. The fraction of sp³-hybridized carbons (Fsp3) is 0.316. The van der Waals surface area contributed by atoms with Gasteiger partial charge < -0.3 is 4.90 Å². The van der Waals surface area contributed by atoms with Gasteiger partial charge in [0.25, 0.3) is 0 Å². The Labute approximate surface area is 141 Å². The van der Waals surface area contributed by atoms with Gasteiger partial charge in [0.05, 0.1) is 0 Å². The molecular weight excluding hydrogens is 302 g/mol. The summed E-state index contributed by atoms with van der Waals surface area (Å²) in [5.74, 6) is 0. The molecule has 0 bridgehead atoms. The topological polar surface area (TPSA) is 30.3 Å². The first-order valence-electron chi connectivity index (χ1n) is 8.08. The highest BCUT2D eigenvalue weighted by Crippen LogP contribution is 2.42. The van der Waals surface area contributed by atoms with Gasteiger partial charge >= 0.3 is 0 Å². The molecule has 0 spiro atoms. The van der Waals surface area contributed by atoms with Crippen LogP contribution in [0.3, 0.4) is 0 Å². The molecule has 0 N–H and O–H groups in total. The summed E-state index contributed by atoms with van der Waals surface area (Å²) >= 11 is 1.89. The molecule has 0 radical (unpaired) electrons. The van der Waals surface area contributed by atoms with Crippen LogP contribution in [0.2, 0.25) is 0 Å². The van der Waals surface area contributed by atoms with Gasteiger partial charge in [-0.1, -0.05) is 48.2 Å². The number of hydrogen-bond acceptors (Lipinski definition) is 4. The minimum Gasteiger partial charge on any atom is -0.308 e. The van der Waals surface area contributed by atoms with Crippen LogP contribution in [0.4, 0.5) is 0 Å². The molecule has 1 atom stereocenters. The highest BCUT2D eigenvalue weighted by Gasteiger charge is 2.29. The zero-order chi connectivity index (χ0) is 15.6. The highest BCUT2D eigenvalue weighted by atomic mass is 32.2. The average molecular weight is 321 g/mol. The van der Waals surface area contributed by atoms with Gasteiger partial charge in [-0.15, -0.1) is 0 Å². The van der Waals surface area contributed by atoms with Gasteiger partial charge in [0, 0.05) is 42.0 Å². The first-order valence-corrected chi connectivity index (χ1v) is 8.90. The van der Waals surface area contributed by atoms with Gasteiger partial charge in [0.2, 0.25) is 0 Å². The number of nitriles is 1. The van der Waals surface area contributed by atoms with Crippen molar-refractivity contribution in [1.82, 2.24) is 9.80 Å². The lowest BCUT2D eigenvalue weighted by molar-refractivity contribution is 0.124. The van der Waals surface area contributed by atoms with Gasteiger partial charge in [-0.05, 0) is 29.7 Å². The normalized spacial score (nSPS) is 21.0. The fourth-order valence-electron chi connectivity index (χ4n) is 3.52. The molecule has 2 aromatic rings. The van der Waals surface area contributed by atoms with Crippen molar-refractivity contribution < 1.29 is 0 Å². The lowest BCUT2D eigenvalue weighted by Crippen LogP contribution is -2.46. The van der Waals surface area contributed by atoms with Gasteiger partial charge in [-0.3, -0.25) is 4.90 Å². The molecule has 2 aromatic carbocycles. The summed E-state index contributed by atoms with van der Waals surface area (Å²) in [5, 5.41) is 9.07. The van der Waals surface area contributed by atoms with Crippen molar-refractivity contribution in [2.45, 2.75) is 22.3 Å². The third-order valence-corrected chi connectivity index (χ3v) is 5.99. The first-order chi connectivity index (χ1) is 11.3. The van der Waals surface area contributed by atoms with E-state index in [9.17, 15) is 0 Å². The number of benzene rings is 2. The maximum absolute atomic E-state index is 9.07. The standard InChI is InChI=1S/C19H19N3S/c20-14-21-9-11-22(12-10-21)17-13-15-5-1-3-7-18(15)23-19-8-4-2-6-16(17)19/h1-8,17H,9-13H2. The average Bonchev–Trinajstić information content (AvgIpc) is 2.78. The van der Waals surface area contributed by atoms with E-state index in [1.54, 1.807) is 0 Å². The lowest BCUT2D eigenvalue weighted by atomic mass is 9.97. The van der Waals surface area contributed by atoms with Crippen LogP contribution in [-0.4, -0.2) is 36.0 Å². The van der Waals surface area contributed by atoms with Gasteiger partial charge in [0.1, 0.15) is 0 Å². The van der Waals surface area contributed by atoms with Crippen molar-refractivity contribution in [3.8, 4) is 6.19 Å². The summed E-state index contributed by atoms with van der Waals surface area (Å²) < 4.78 is 0. The molecule has 4 rings (SSSR count). The number of nitrogens with zero attached hydrogens (tertiary/aromatic N) is 3. The Morgan fingerprint density at radius 2 is 1.61 bits per heavy atom. The quantitative estimate of drug-likeness (QED) is 0.752. The van der Waals surface area contributed by atoms with E-state index in [-0.39, 0.29) is 0 Å². The van der Waals surface area contributed by atoms with E-state index in [4.69, 9.17) is 5.26 Å².